The van der Waals surface area contributed by atoms with Crippen LogP contribution in [-0.2, 0) is 0 Å². The first-order valence-corrected chi connectivity index (χ1v) is 5.32. The fourth-order valence-corrected chi connectivity index (χ4v) is 1.78. The van der Waals surface area contributed by atoms with Crippen molar-refractivity contribution in [1.29, 1.82) is 0 Å². The lowest BCUT2D eigenvalue weighted by Crippen LogP contribution is -2.31. The number of nitrogens with one attached hydrogen (secondary N) is 1. The molecule has 90 valence electrons. The van der Waals surface area contributed by atoms with E-state index in [0.717, 1.165) is 16.7 Å². The third kappa shape index (κ3) is 3.87. The highest BCUT2D eigenvalue weighted by Crippen LogP contribution is 2.16. The van der Waals surface area contributed by atoms with Gasteiger partial charge in [0.05, 0.1) is 6.54 Å². The normalized spacial score (nSPS) is 13.1. The number of aryl methyl sites for hydroxylation is 2. The lowest BCUT2D eigenvalue weighted by molar-refractivity contribution is 0.141. The van der Waals surface area contributed by atoms with Gasteiger partial charge in [-0.3, -0.25) is 0 Å². The van der Waals surface area contributed by atoms with Crippen molar-refractivity contribution in [3.63, 3.8) is 0 Å². The molecule has 0 saturated carbocycles. The molecule has 0 fully saturated rings. The molecule has 1 rings (SSSR count). The Balaban J connectivity index is 2.78. The molecule has 16 heavy (non-hydrogen) atoms. The van der Waals surface area contributed by atoms with Crippen LogP contribution in [0.3, 0.4) is 0 Å². The Labute approximate surface area is 94.8 Å². The van der Waals surface area contributed by atoms with Crippen LogP contribution in [-0.4, -0.2) is 19.5 Å². The molecule has 0 aliphatic heterocycles. The molecule has 0 aliphatic carbocycles. The predicted molar refractivity (Wildman–Crippen MR) is 61.7 cm³/mol. The SMILES string of the molecule is Cc1cc(C)cc(C(CN)NCC(F)F)c1. The molecule has 1 aromatic carbocycles. The van der Waals surface area contributed by atoms with Crippen molar-refractivity contribution in [3.8, 4) is 0 Å². The summed E-state index contributed by atoms with van der Waals surface area (Å²) in [7, 11) is 0. The van der Waals surface area contributed by atoms with Gasteiger partial charge >= 0.3 is 0 Å². The summed E-state index contributed by atoms with van der Waals surface area (Å²) in [6.07, 6.45) is -2.35. The lowest BCUT2D eigenvalue weighted by atomic mass is 10.0. The maximum absolute atomic E-state index is 12.1. The van der Waals surface area contributed by atoms with Crippen molar-refractivity contribution < 1.29 is 8.78 Å². The average Bonchev–Trinajstić information content (AvgIpc) is 2.16. The number of rotatable bonds is 5. The van der Waals surface area contributed by atoms with E-state index in [1.165, 1.54) is 0 Å². The predicted octanol–water partition coefficient (Wildman–Crippen LogP) is 2.16. The van der Waals surface area contributed by atoms with Gasteiger partial charge in [-0.15, -0.1) is 0 Å². The van der Waals surface area contributed by atoms with Crippen LogP contribution in [0.25, 0.3) is 0 Å². The van der Waals surface area contributed by atoms with E-state index in [0.29, 0.717) is 6.54 Å². The zero-order chi connectivity index (χ0) is 12.1. The first-order valence-electron chi connectivity index (χ1n) is 5.32. The van der Waals surface area contributed by atoms with Crippen molar-refractivity contribution in [3.05, 3.63) is 34.9 Å². The molecule has 1 atom stereocenters. The lowest BCUT2D eigenvalue weighted by Gasteiger charge is -2.18. The van der Waals surface area contributed by atoms with Gasteiger partial charge in [0.2, 0.25) is 0 Å². The van der Waals surface area contributed by atoms with Crippen LogP contribution in [0, 0.1) is 13.8 Å². The van der Waals surface area contributed by atoms with Gasteiger partial charge in [-0.05, 0) is 19.4 Å². The molecule has 0 aliphatic rings. The van der Waals surface area contributed by atoms with E-state index in [9.17, 15) is 8.78 Å². The van der Waals surface area contributed by atoms with Crippen LogP contribution >= 0.6 is 0 Å². The smallest absolute Gasteiger partial charge is 0.250 e. The summed E-state index contributed by atoms with van der Waals surface area (Å²) in [6.45, 7) is 3.96. The maximum Gasteiger partial charge on any atom is 0.250 e. The Bertz CT molecular complexity index is 320. The van der Waals surface area contributed by atoms with Crippen molar-refractivity contribution >= 4 is 0 Å². The van der Waals surface area contributed by atoms with Gasteiger partial charge in [-0.25, -0.2) is 8.78 Å². The molecule has 0 heterocycles. The minimum atomic E-state index is -2.35. The third-order valence-corrected chi connectivity index (χ3v) is 2.40. The topological polar surface area (TPSA) is 38.0 Å². The standard InChI is InChI=1S/C12H18F2N2/c1-8-3-9(2)5-10(4-8)11(6-15)16-7-12(13)14/h3-5,11-12,16H,6-7,15H2,1-2H3. The highest BCUT2D eigenvalue weighted by Gasteiger charge is 2.12. The van der Waals surface area contributed by atoms with Crippen LogP contribution in [0.15, 0.2) is 18.2 Å². The van der Waals surface area contributed by atoms with E-state index < -0.39 is 6.43 Å². The summed E-state index contributed by atoms with van der Waals surface area (Å²) >= 11 is 0. The zero-order valence-electron chi connectivity index (χ0n) is 9.63. The van der Waals surface area contributed by atoms with Gasteiger partial charge in [0.1, 0.15) is 0 Å². The first-order chi connectivity index (χ1) is 7.52. The van der Waals surface area contributed by atoms with Crippen molar-refractivity contribution in [1.82, 2.24) is 5.32 Å². The minimum absolute atomic E-state index is 0.201. The van der Waals surface area contributed by atoms with E-state index in [1.54, 1.807) is 0 Å². The van der Waals surface area contributed by atoms with Gasteiger partial charge < -0.3 is 11.1 Å². The Morgan fingerprint density at radius 1 is 1.19 bits per heavy atom. The van der Waals surface area contributed by atoms with Crippen LogP contribution < -0.4 is 11.1 Å². The van der Waals surface area contributed by atoms with Gasteiger partial charge in [-0.1, -0.05) is 29.3 Å². The molecule has 0 amide bonds. The van der Waals surface area contributed by atoms with Crippen LogP contribution in [0.1, 0.15) is 22.7 Å². The van der Waals surface area contributed by atoms with Gasteiger partial charge in [0.15, 0.2) is 0 Å². The second-order valence-electron chi connectivity index (χ2n) is 4.01. The quantitative estimate of drug-likeness (QED) is 0.810. The van der Waals surface area contributed by atoms with Crippen molar-refractivity contribution in [2.75, 3.05) is 13.1 Å². The Hall–Kier alpha value is -1.00. The van der Waals surface area contributed by atoms with Gasteiger partial charge in [-0.2, -0.15) is 0 Å². The summed E-state index contributed by atoms with van der Waals surface area (Å²) in [5.41, 5.74) is 8.79. The molecule has 0 spiro atoms. The molecule has 3 N–H and O–H groups in total. The molecule has 0 bridgehead atoms. The summed E-state index contributed by atoms with van der Waals surface area (Å²) in [6, 6.07) is 5.79. The first kappa shape index (κ1) is 13.1. The van der Waals surface area contributed by atoms with E-state index in [-0.39, 0.29) is 12.6 Å². The number of hydrogen-bond acceptors (Lipinski definition) is 2. The summed E-state index contributed by atoms with van der Waals surface area (Å²) in [5.74, 6) is 0. The largest absolute Gasteiger partial charge is 0.329 e. The molecule has 0 saturated heterocycles. The molecular weight excluding hydrogens is 210 g/mol. The Morgan fingerprint density at radius 3 is 2.19 bits per heavy atom. The second-order valence-corrected chi connectivity index (χ2v) is 4.01. The molecular formula is C12H18F2N2. The van der Waals surface area contributed by atoms with Crippen LogP contribution in [0.4, 0.5) is 8.78 Å². The molecule has 4 heteroatoms. The monoisotopic (exact) mass is 228 g/mol. The molecule has 0 aromatic heterocycles. The molecule has 0 radical (unpaired) electrons. The zero-order valence-corrected chi connectivity index (χ0v) is 9.63. The number of nitrogens with two attached hydrogens (primary N) is 1. The van der Waals surface area contributed by atoms with E-state index in [4.69, 9.17) is 5.73 Å². The molecule has 1 unspecified atom stereocenters. The van der Waals surface area contributed by atoms with E-state index in [1.807, 2.05) is 32.0 Å². The van der Waals surface area contributed by atoms with Gasteiger partial charge in [0.25, 0.3) is 6.43 Å². The van der Waals surface area contributed by atoms with E-state index in [2.05, 4.69) is 5.32 Å². The summed E-state index contributed by atoms with van der Waals surface area (Å²) < 4.78 is 24.2. The number of alkyl halides is 2. The second kappa shape index (κ2) is 5.92. The van der Waals surface area contributed by atoms with E-state index >= 15 is 0 Å². The maximum atomic E-state index is 12.1. The minimum Gasteiger partial charge on any atom is -0.329 e. The van der Waals surface area contributed by atoms with Crippen molar-refractivity contribution in [2.45, 2.75) is 26.3 Å². The third-order valence-electron chi connectivity index (χ3n) is 2.40. The van der Waals surface area contributed by atoms with Crippen LogP contribution in [0.2, 0.25) is 0 Å². The molecule has 1 aromatic rings. The number of hydrogen-bond donors (Lipinski definition) is 2. The van der Waals surface area contributed by atoms with Crippen molar-refractivity contribution in [2.24, 2.45) is 5.73 Å². The van der Waals surface area contributed by atoms with Crippen LogP contribution in [0.5, 0.6) is 0 Å². The fraction of sp³-hybridized carbons (Fsp3) is 0.500. The fourth-order valence-electron chi connectivity index (χ4n) is 1.78. The number of halogens is 2. The highest BCUT2D eigenvalue weighted by atomic mass is 19.3. The molecule has 2 nitrogen and oxygen atoms in total. The Kier molecular flexibility index (Phi) is 4.83. The van der Waals surface area contributed by atoms with Gasteiger partial charge in [0, 0.05) is 12.6 Å². The average molecular weight is 228 g/mol. The summed E-state index contributed by atoms with van der Waals surface area (Å²) in [5, 5.41) is 2.76. The Morgan fingerprint density at radius 2 is 1.75 bits per heavy atom. The highest BCUT2D eigenvalue weighted by molar-refractivity contribution is 5.30. The number of benzene rings is 1. The summed E-state index contributed by atoms with van der Waals surface area (Å²) in [4.78, 5) is 0.